The van der Waals surface area contributed by atoms with Gasteiger partial charge in [0.25, 0.3) is 0 Å². The second kappa shape index (κ2) is 5.71. The number of carbonyl (C=O) groups excluding carboxylic acids is 1. The van der Waals surface area contributed by atoms with Crippen LogP contribution in [0.2, 0.25) is 0 Å². The topological polar surface area (TPSA) is 89.9 Å². The molecule has 0 aliphatic carbocycles. The van der Waals surface area contributed by atoms with E-state index in [4.69, 9.17) is 10.2 Å². The van der Waals surface area contributed by atoms with Crippen molar-refractivity contribution in [2.45, 2.75) is 18.9 Å². The van der Waals surface area contributed by atoms with Crippen molar-refractivity contribution >= 4 is 17.7 Å². The summed E-state index contributed by atoms with van der Waals surface area (Å²) in [6.07, 6.45) is 1.66. The molecular formula is C13H16N2O4. The summed E-state index contributed by atoms with van der Waals surface area (Å²) >= 11 is 0. The molecule has 1 aliphatic heterocycles. The van der Waals surface area contributed by atoms with Gasteiger partial charge in [-0.2, -0.15) is 0 Å². The van der Waals surface area contributed by atoms with Crippen molar-refractivity contribution in [3.05, 3.63) is 29.8 Å². The van der Waals surface area contributed by atoms with Crippen molar-refractivity contribution in [2.75, 3.05) is 18.5 Å². The maximum absolute atomic E-state index is 12.0. The molecule has 1 aliphatic rings. The molecule has 1 fully saturated rings. The smallest absolute Gasteiger partial charge is 0.335 e. The Morgan fingerprint density at radius 3 is 2.89 bits per heavy atom. The molecule has 0 radical (unpaired) electrons. The zero-order valence-corrected chi connectivity index (χ0v) is 10.4. The fourth-order valence-corrected chi connectivity index (χ4v) is 2.22. The van der Waals surface area contributed by atoms with Crippen LogP contribution in [0.25, 0.3) is 0 Å². The molecule has 1 aromatic carbocycles. The number of aliphatic hydroxyl groups excluding tert-OH is 1. The third-order valence-corrected chi connectivity index (χ3v) is 3.21. The minimum absolute atomic E-state index is 0.0530. The molecular weight excluding hydrogens is 248 g/mol. The predicted octanol–water partition coefficient (Wildman–Crippen LogP) is 1.37. The normalized spacial score (nSPS) is 18.4. The zero-order valence-electron chi connectivity index (χ0n) is 10.4. The highest BCUT2D eigenvalue weighted by Crippen LogP contribution is 2.19. The number of urea groups is 1. The van der Waals surface area contributed by atoms with Crippen molar-refractivity contribution in [2.24, 2.45) is 0 Å². The second-order valence-electron chi connectivity index (χ2n) is 4.49. The van der Waals surface area contributed by atoms with Crippen LogP contribution in [0, 0.1) is 0 Å². The van der Waals surface area contributed by atoms with Gasteiger partial charge >= 0.3 is 12.0 Å². The molecule has 1 atom stereocenters. The van der Waals surface area contributed by atoms with E-state index in [2.05, 4.69) is 5.32 Å². The van der Waals surface area contributed by atoms with Crippen LogP contribution >= 0.6 is 0 Å². The lowest BCUT2D eigenvalue weighted by Crippen LogP contribution is -2.40. The fourth-order valence-electron chi connectivity index (χ4n) is 2.22. The number of carbonyl (C=O) groups is 2. The number of hydrogen-bond donors (Lipinski definition) is 3. The molecule has 6 heteroatoms. The number of rotatable bonds is 3. The first-order valence-corrected chi connectivity index (χ1v) is 6.13. The molecule has 6 nitrogen and oxygen atoms in total. The minimum atomic E-state index is -1.04. The Morgan fingerprint density at radius 1 is 1.42 bits per heavy atom. The first-order valence-electron chi connectivity index (χ1n) is 6.13. The van der Waals surface area contributed by atoms with Crippen LogP contribution in [0.3, 0.4) is 0 Å². The summed E-state index contributed by atoms with van der Waals surface area (Å²) < 4.78 is 0. The molecule has 102 valence electrons. The van der Waals surface area contributed by atoms with Gasteiger partial charge in [0.1, 0.15) is 0 Å². The van der Waals surface area contributed by atoms with Crippen molar-refractivity contribution in [1.29, 1.82) is 0 Å². The largest absolute Gasteiger partial charge is 0.478 e. The highest BCUT2D eigenvalue weighted by atomic mass is 16.4. The molecule has 0 saturated carbocycles. The standard InChI is InChI=1S/C13H16N2O4/c16-8-11-5-2-6-15(11)13(19)14-10-4-1-3-9(7-10)12(17)18/h1,3-4,7,11,16H,2,5-6,8H2,(H,14,19)(H,17,18). The Labute approximate surface area is 110 Å². The quantitative estimate of drug-likeness (QED) is 0.769. The van der Waals surface area contributed by atoms with Gasteiger partial charge in [-0.1, -0.05) is 6.07 Å². The summed E-state index contributed by atoms with van der Waals surface area (Å²) in [4.78, 5) is 24.4. The van der Waals surface area contributed by atoms with E-state index < -0.39 is 5.97 Å². The summed E-state index contributed by atoms with van der Waals surface area (Å²) in [7, 11) is 0. The van der Waals surface area contributed by atoms with E-state index in [1.54, 1.807) is 17.0 Å². The van der Waals surface area contributed by atoms with E-state index >= 15 is 0 Å². The van der Waals surface area contributed by atoms with Crippen LogP contribution < -0.4 is 5.32 Å². The summed E-state index contributed by atoms with van der Waals surface area (Å²) in [5, 5.41) is 20.7. The Morgan fingerprint density at radius 2 is 2.21 bits per heavy atom. The van der Waals surface area contributed by atoms with Gasteiger partial charge in [-0.25, -0.2) is 9.59 Å². The maximum atomic E-state index is 12.0. The van der Waals surface area contributed by atoms with Crippen molar-refractivity contribution < 1.29 is 19.8 Å². The molecule has 1 saturated heterocycles. The molecule has 2 amide bonds. The molecule has 1 aromatic rings. The van der Waals surface area contributed by atoms with Gasteiger partial charge in [-0.15, -0.1) is 0 Å². The van der Waals surface area contributed by atoms with Gasteiger partial charge in [-0.3, -0.25) is 0 Å². The van der Waals surface area contributed by atoms with Crippen molar-refractivity contribution in [3.63, 3.8) is 0 Å². The maximum Gasteiger partial charge on any atom is 0.335 e. The molecule has 3 N–H and O–H groups in total. The van der Waals surface area contributed by atoms with Gasteiger partial charge in [0.15, 0.2) is 0 Å². The number of carboxylic acids is 1. The average molecular weight is 264 g/mol. The van der Waals surface area contributed by atoms with E-state index in [0.717, 1.165) is 12.8 Å². The first kappa shape index (κ1) is 13.4. The van der Waals surface area contributed by atoms with Gasteiger partial charge < -0.3 is 20.4 Å². The Balaban J connectivity index is 2.06. The number of likely N-dealkylation sites (tertiary alicyclic amines) is 1. The first-order chi connectivity index (χ1) is 9.11. The third kappa shape index (κ3) is 3.03. The van der Waals surface area contributed by atoms with E-state index in [1.165, 1.54) is 12.1 Å². The SMILES string of the molecule is O=C(O)c1cccc(NC(=O)N2CCCC2CO)c1. The molecule has 0 aromatic heterocycles. The van der Waals surface area contributed by atoms with E-state index in [0.29, 0.717) is 12.2 Å². The summed E-state index contributed by atoms with van der Waals surface area (Å²) in [5.74, 6) is -1.04. The number of carboxylic acid groups (broad SMARTS) is 1. The third-order valence-electron chi connectivity index (χ3n) is 3.21. The number of aromatic carboxylic acids is 1. The molecule has 1 heterocycles. The van der Waals surface area contributed by atoms with Gasteiger partial charge in [0.05, 0.1) is 18.2 Å². The van der Waals surface area contributed by atoms with Crippen molar-refractivity contribution in [3.8, 4) is 0 Å². The van der Waals surface area contributed by atoms with E-state index in [1.807, 2.05) is 0 Å². The molecule has 2 rings (SSSR count). The highest BCUT2D eigenvalue weighted by molar-refractivity contribution is 5.93. The number of benzene rings is 1. The summed E-state index contributed by atoms with van der Waals surface area (Å²) in [6, 6.07) is 5.62. The number of anilines is 1. The Hall–Kier alpha value is -2.08. The van der Waals surface area contributed by atoms with Crippen LogP contribution in [0.1, 0.15) is 23.2 Å². The number of aliphatic hydroxyl groups is 1. The number of nitrogens with one attached hydrogen (secondary N) is 1. The number of hydrogen-bond acceptors (Lipinski definition) is 3. The summed E-state index contributed by atoms with van der Waals surface area (Å²) in [6.45, 7) is 0.554. The Kier molecular flexibility index (Phi) is 4.01. The van der Waals surface area contributed by atoms with Gasteiger partial charge in [-0.05, 0) is 31.0 Å². The molecule has 0 spiro atoms. The molecule has 19 heavy (non-hydrogen) atoms. The van der Waals surface area contributed by atoms with Crippen LogP contribution in [0.4, 0.5) is 10.5 Å². The lowest BCUT2D eigenvalue weighted by atomic mass is 10.2. The second-order valence-corrected chi connectivity index (χ2v) is 4.49. The van der Waals surface area contributed by atoms with Crippen LogP contribution in [0.15, 0.2) is 24.3 Å². The summed E-state index contributed by atoms with van der Waals surface area (Å²) in [5.41, 5.74) is 0.561. The zero-order chi connectivity index (χ0) is 13.8. The predicted molar refractivity (Wildman–Crippen MR) is 69.2 cm³/mol. The fraction of sp³-hybridized carbons (Fsp3) is 0.385. The molecule has 1 unspecified atom stereocenters. The van der Waals surface area contributed by atoms with Crippen LogP contribution in [-0.4, -0.2) is 46.3 Å². The van der Waals surface area contributed by atoms with E-state index in [9.17, 15) is 9.59 Å². The highest BCUT2D eigenvalue weighted by Gasteiger charge is 2.28. The average Bonchev–Trinajstić information content (AvgIpc) is 2.87. The van der Waals surface area contributed by atoms with Gasteiger partial charge in [0.2, 0.25) is 0 Å². The lowest BCUT2D eigenvalue weighted by Gasteiger charge is -2.23. The molecule has 0 bridgehead atoms. The van der Waals surface area contributed by atoms with Crippen molar-refractivity contribution in [1.82, 2.24) is 4.90 Å². The Bertz CT molecular complexity index is 489. The number of nitrogens with zero attached hydrogens (tertiary/aromatic N) is 1. The monoisotopic (exact) mass is 264 g/mol. The minimum Gasteiger partial charge on any atom is -0.478 e. The van der Waals surface area contributed by atoms with Crippen LogP contribution in [-0.2, 0) is 0 Å². The van der Waals surface area contributed by atoms with Crippen LogP contribution in [0.5, 0.6) is 0 Å². The number of amides is 2. The lowest BCUT2D eigenvalue weighted by molar-refractivity contribution is 0.0697. The van der Waals surface area contributed by atoms with Gasteiger partial charge in [0, 0.05) is 12.2 Å². The van der Waals surface area contributed by atoms with E-state index in [-0.39, 0.29) is 24.2 Å².